The van der Waals surface area contributed by atoms with Gasteiger partial charge in [0.2, 0.25) is 0 Å². The van der Waals surface area contributed by atoms with E-state index >= 15 is 0 Å². The zero-order valence-corrected chi connectivity index (χ0v) is 16.1. The fourth-order valence-electron chi connectivity index (χ4n) is 3.07. The number of nitro groups is 1. The molecule has 0 bridgehead atoms. The first kappa shape index (κ1) is 19.1. The molecule has 0 unspecified atom stereocenters. The number of para-hydroxylation sites is 1. The molecule has 0 saturated carbocycles. The Kier molecular flexibility index (Phi) is 5.09. The van der Waals surface area contributed by atoms with E-state index in [4.69, 9.17) is 0 Å². The number of nitrogens with zero attached hydrogens (tertiary/aromatic N) is 3. The maximum Gasteiger partial charge on any atom is 0.271 e. The lowest BCUT2D eigenvalue weighted by Crippen LogP contribution is -2.12. The van der Waals surface area contributed by atoms with E-state index in [-0.39, 0.29) is 5.69 Å². The lowest BCUT2D eigenvalue weighted by atomic mass is 10.1. The number of non-ortho nitro benzene ring substituents is 1. The Balaban J connectivity index is 1.74. The summed E-state index contributed by atoms with van der Waals surface area (Å²) in [6.07, 6.45) is 1.66. The molecule has 0 atom stereocenters. The number of aromatic nitrogens is 2. The summed E-state index contributed by atoms with van der Waals surface area (Å²) in [5.74, 6) is -0.395. The maximum atomic E-state index is 13.1. The Morgan fingerprint density at radius 1 is 1.00 bits per heavy atom. The van der Waals surface area contributed by atoms with Crippen LogP contribution >= 0.6 is 0 Å². The number of nitrogens with one attached hydrogen (secondary N) is 1. The van der Waals surface area contributed by atoms with Gasteiger partial charge in [0.05, 0.1) is 16.2 Å². The van der Waals surface area contributed by atoms with Crippen LogP contribution in [0.3, 0.4) is 0 Å². The van der Waals surface area contributed by atoms with E-state index in [9.17, 15) is 14.9 Å². The van der Waals surface area contributed by atoms with Crippen molar-refractivity contribution in [3.05, 3.63) is 106 Å². The van der Waals surface area contributed by atoms with E-state index in [1.165, 1.54) is 18.2 Å². The Morgan fingerprint density at radius 2 is 1.73 bits per heavy atom. The third-order valence-electron chi connectivity index (χ3n) is 4.62. The topological polar surface area (TPSA) is 90.1 Å². The second-order valence-corrected chi connectivity index (χ2v) is 6.80. The van der Waals surface area contributed by atoms with Gasteiger partial charge in [0.25, 0.3) is 11.6 Å². The predicted octanol–water partition coefficient (Wildman–Crippen LogP) is 5.01. The SMILES string of the molecule is Cc1ccc(-c2nn(-c3ccccc3)cc2C(=O)Nc2cccc([N+](=O)[O-])c2)cc1. The first-order valence-corrected chi connectivity index (χ1v) is 9.29. The van der Waals surface area contributed by atoms with Gasteiger partial charge in [-0.05, 0) is 25.1 Å². The predicted molar refractivity (Wildman–Crippen MR) is 115 cm³/mol. The second kappa shape index (κ2) is 8.00. The molecular formula is C23H18N4O3. The molecule has 0 saturated heterocycles. The van der Waals surface area contributed by atoms with Crippen molar-refractivity contribution >= 4 is 17.3 Å². The van der Waals surface area contributed by atoms with Crippen molar-refractivity contribution < 1.29 is 9.72 Å². The highest BCUT2D eigenvalue weighted by molar-refractivity contribution is 6.08. The van der Waals surface area contributed by atoms with Crippen molar-refractivity contribution in [2.75, 3.05) is 5.32 Å². The Labute approximate surface area is 172 Å². The van der Waals surface area contributed by atoms with Gasteiger partial charge in [-0.1, -0.05) is 54.1 Å². The van der Waals surface area contributed by atoms with Gasteiger partial charge in [0.1, 0.15) is 5.69 Å². The number of hydrogen-bond acceptors (Lipinski definition) is 4. The number of anilines is 1. The maximum absolute atomic E-state index is 13.1. The average molecular weight is 398 g/mol. The molecule has 30 heavy (non-hydrogen) atoms. The number of nitro benzene ring substituents is 1. The first-order chi connectivity index (χ1) is 14.5. The second-order valence-electron chi connectivity index (χ2n) is 6.80. The van der Waals surface area contributed by atoms with Crippen LogP contribution in [0.5, 0.6) is 0 Å². The molecule has 1 N–H and O–H groups in total. The molecule has 0 aliphatic rings. The molecule has 1 heterocycles. The third-order valence-corrected chi connectivity index (χ3v) is 4.62. The van der Waals surface area contributed by atoms with Crippen LogP contribution in [0.15, 0.2) is 85.1 Å². The van der Waals surface area contributed by atoms with Gasteiger partial charge in [-0.25, -0.2) is 4.68 Å². The number of amides is 1. The number of carbonyl (C=O) groups is 1. The summed E-state index contributed by atoms with van der Waals surface area (Å²) in [5.41, 5.74) is 3.88. The lowest BCUT2D eigenvalue weighted by molar-refractivity contribution is -0.384. The molecule has 3 aromatic carbocycles. The highest BCUT2D eigenvalue weighted by Gasteiger charge is 2.19. The summed E-state index contributed by atoms with van der Waals surface area (Å²) >= 11 is 0. The van der Waals surface area contributed by atoms with E-state index in [1.54, 1.807) is 16.9 Å². The Hall–Kier alpha value is -4.26. The molecule has 1 amide bonds. The molecular weight excluding hydrogens is 380 g/mol. The minimum absolute atomic E-state index is 0.0912. The van der Waals surface area contributed by atoms with Gasteiger partial charge in [0.15, 0.2) is 0 Å². The van der Waals surface area contributed by atoms with Crippen LogP contribution in [0.2, 0.25) is 0 Å². The highest BCUT2D eigenvalue weighted by atomic mass is 16.6. The fourth-order valence-corrected chi connectivity index (χ4v) is 3.07. The van der Waals surface area contributed by atoms with E-state index in [0.717, 1.165) is 16.8 Å². The molecule has 0 radical (unpaired) electrons. The summed E-state index contributed by atoms with van der Waals surface area (Å²) in [4.78, 5) is 23.6. The molecule has 4 aromatic rings. The Morgan fingerprint density at radius 3 is 2.43 bits per heavy atom. The molecule has 148 valence electrons. The summed E-state index contributed by atoms with van der Waals surface area (Å²) in [7, 11) is 0. The molecule has 7 nitrogen and oxygen atoms in total. The summed E-state index contributed by atoms with van der Waals surface area (Å²) in [5, 5.41) is 18.4. The molecule has 7 heteroatoms. The summed E-state index contributed by atoms with van der Waals surface area (Å²) in [6.45, 7) is 1.99. The van der Waals surface area contributed by atoms with E-state index in [2.05, 4.69) is 10.4 Å². The van der Waals surface area contributed by atoms with Crippen molar-refractivity contribution in [2.24, 2.45) is 0 Å². The molecule has 4 rings (SSSR count). The quantitative estimate of drug-likeness (QED) is 0.378. The Bertz CT molecular complexity index is 1210. The van der Waals surface area contributed by atoms with Crippen molar-refractivity contribution in [3.63, 3.8) is 0 Å². The van der Waals surface area contributed by atoms with Crippen LogP contribution in [0.25, 0.3) is 16.9 Å². The number of carbonyl (C=O) groups excluding carboxylic acids is 1. The van der Waals surface area contributed by atoms with Crippen molar-refractivity contribution in [3.8, 4) is 16.9 Å². The number of rotatable bonds is 5. The van der Waals surface area contributed by atoms with Gasteiger partial charge >= 0.3 is 0 Å². The van der Waals surface area contributed by atoms with Gasteiger partial charge < -0.3 is 5.32 Å². The minimum Gasteiger partial charge on any atom is -0.322 e. The van der Waals surface area contributed by atoms with E-state index in [0.29, 0.717) is 16.9 Å². The van der Waals surface area contributed by atoms with Crippen LogP contribution < -0.4 is 5.32 Å². The molecule has 0 spiro atoms. The molecule has 0 aliphatic heterocycles. The van der Waals surface area contributed by atoms with Crippen molar-refractivity contribution in [1.82, 2.24) is 9.78 Å². The average Bonchev–Trinajstić information content (AvgIpc) is 3.21. The summed E-state index contributed by atoms with van der Waals surface area (Å²) in [6, 6.07) is 23.1. The van der Waals surface area contributed by atoms with E-state index in [1.807, 2.05) is 61.5 Å². The standard InChI is InChI=1S/C23H18N4O3/c1-16-10-12-17(13-11-16)22-21(15-26(25-22)19-7-3-2-4-8-19)23(28)24-18-6-5-9-20(14-18)27(29)30/h2-15H,1H3,(H,24,28). The number of benzene rings is 3. The van der Waals surface area contributed by atoms with Crippen molar-refractivity contribution in [2.45, 2.75) is 6.92 Å². The zero-order chi connectivity index (χ0) is 21.1. The third kappa shape index (κ3) is 3.95. The largest absolute Gasteiger partial charge is 0.322 e. The van der Waals surface area contributed by atoms with Gasteiger partial charge in [0, 0.05) is 29.6 Å². The van der Waals surface area contributed by atoms with Crippen LogP contribution in [-0.4, -0.2) is 20.6 Å². The van der Waals surface area contributed by atoms with Crippen LogP contribution in [0.1, 0.15) is 15.9 Å². The zero-order valence-electron chi connectivity index (χ0n) is 16.1. The number of hydrogen-bond donors (Lipinski definition) is 1. The normalized spacial score (nSPS) is 10.6. The first-order valence-electron chi connectivity index (χ1n) is 9.29. The van der Waals surface area contributed by atoms with E-state index < -0.39 is 10.8 Å². The molecule has 1 aromatic heterocycles. The van der Waals surface area contributed by atoms with Gasteiger partial charge in [-0.2, -0.15) is 5.10 Å². The smallest absolute Gasteiger partial charge is 0.271 e. The highest BCUT2D eigenvalue weighted by Crippen LogP contribution is 2.26. The monoisotopic (exact) mass is 398 g/mol. The van der Waals surface area contributed by atoms with Crippen LogP contribution in [0.4, 0.5) is 11.4 Å². The summed E-state index contributed by atoms with van der Waals surface area (Å²) < 4.78 is 1.65. The van der Waals surface area contributed by atoms with Gasteiger partial charge in [-0.3, -0.25) is 14.9 Å². The lowest BCUT2D eigenvalue weighted by Gasteiger charge is -2.06. The molecule has 0 aliphatic carbocycles. The molecule has 0 fully saturated rings. The number of aryl methyl sites for hydroxylation is 1. The van der Waals surface area contributed by atoms with Gasteiger partial charge in [-0.15, -0.1) is 0 Å². The van der Waals surface area contributed by atoms with Crippen LogP contribution in [0, 0.1) is 17.0 Å². The van der Waals surface area contributed by atoms with Crippen molar-refractivity contribution in [1.29, 1.82) is 0 Å². The fraction of sp³-hybridized carbons (Fsp3) is 0.0435. The van der Waals surface area contributed by atoms with Crippen LogP contribution in [-0.2, 0) is 0 Å². The minimum atomic E-state index is -0.499.